The van der Waals surface area contributed by atoms with Gasteiger partial charge in [0.1, 0.15) is 0 Å². The van der Waals surface area contributed by atoms with Crippen molar-refractivity contribution < 1.29 is 0 Å². The summed E-state index contributed by atoms with van der Waals surface area (Å²) in [5.74, 6) is 0. The highest BCUT2D eigenvalue weighted by atomic mass is 79.9. The molecule has 0 aliphatic carbocycles. The van der Waals surface area contributed by atoms with Crippen molar-refractivity contribution in [3.8, 4) is 0 Å². The second-order valence-electron chi connectivity index (χ2n) is 3.22. The second-order valence-corrected chi connectivity index (χ2v) is 5.31. The molecule has 0 aromatic heterocycles. The van der Waals surface area contributed by atoms with Gasteiger partial charge >= 0.3 is 0 Å². The van der Waals surface area contributed by atoms with E-state index in [0.29, 0.717) is 0 Å². The van der Waals surface area contributed by atoms with Crippen molar-refractivity contribution in [2.75, 3.05) is 26.2 Å². The first-order valence-corrected chi connectivity index (χ1v) is 6.30. The molecule has 0 atom stereocenters. The Morgan fingerprint density at radius 3 is 2.43 bits per heavy atom. The lowest BCUT2D eigenvalue weighted by atomic mass is 10.4. The Labute approximate surface area is 97.3 Å². The molecule has 2 rings (SSSR count). The average molecular weight is 273 g/mol. The van der Waals surface area contributed by atoms with Crippen LogP contribution in [-0.4, -0.2) is 30.5 Å². The van der Waals surface area contributed by atoms with Crippen molar-refractivity contribution >= 4 is 27.9 Å². The first-order valence-electron chi connectivity index (χ1n) is 4.74. The van der Waals surface area contributed by atoms with Gasteiger partial charge in [0.05, 0.1) is 0 Å². The maximum absolute atomic E-state index is 3.44. The van der Waals surface area contributed by atoms with E-state index >= 15 is 0 Å². The number of rotatable bonds is 2. The molecule has 1 aromatic rings. The lowest BCUT2D eigenvalue weighted by Gasteiger charge is -2.25. The van der Waals surface area contributed by atoms with E-state index in [9.17, 15) is 0 Å². The smallest absolute Gasteiger partial charge is 0.0231 e. The molecule has 2 nitrogen and oxygen atoms in total. The van der Waals surface area contributed by atoms with Crippen LogP contribution in [0.2, 0.25) is 0 Å². The number of hydrogen-bond acceptors (Lipinski definition) is 3. The molecule has 1 aliphatic heterocycles. The molecular formula is C10H13BrN2S. The van der Waals surface area contributed by atoms with Crippen LogP contribution in [0.15, 0.2) is 33.6 Å². The maximum Gasteiger partial charge on any atom is 0.0231 e. The van der Waals surface area contributed by atoms with Gasteiger partial charge in [-0.15, -0.1) is 0 Å². The van der Waals surface area contributed by atoms with Crippen LogP contribution in [0.3, 0.4) is 0 Å². The van der Waals surface area contributed by atoms with E-state index in [-0.39, 0.29) is 0 Å². The fourth-order valence-corrected chi connectivity index (χ4v) is 2.57. The van der Waals surface area contributed by atoms with Gasteiger partial charge in [-0.25, -0.2) is 4.31 Å². The molecule has 1 heterocycles. The minimum atomic E-state index is 1.10. The quantitative estimate of drug-likeness (QED) is 0.833. The number of halogens is 1. The first kappa shape index (κ1) is 10.5. The zero-order valence-electron chi connectivity index (χ0n) is 7.87. The highest BCUT2D eigenvalue weighted by Crippen LogP contribution is 2.24. The summed E-state index contributed by atoms with van der Waals surface area (Å²) in [5.41, 5.74) is 0. The average Bonchev–Trinajstić information content (AvgIpc) is 2.23. The van der Waals surface area contributed by atoms with Crippen LogP contribution in [0.25, 0.3) is 0 Å². The molecule has 0 saturated carbocycles. The predicted octanol–water partition coefficient (Wildman–Crippen LogP) is 2.36. The second kappa shape index (κ2) is 5.16. The van der Waals surface area contributed by atoms with Gasteiger partial charge < -0.3 is 5.32 Å². The van der Waals surface area contributed by atoms with Gasteiger partial charge in [0.2, 0.25) is 0 Å². The van der Waals surface area contributed by atoms with Crippen LogP contribution in [-0.2, 0) is 0 Å². The lowest BCUT2D eigenvalue weighted by Crippen LogP contribution is -2.39. The minimum Gasteiger partial charge on any atom is -0.314 e. The molecule has 1 fully saturated rings. The lowest BCUT2D eigenvalue weighted by molar-refractivity contribution is 0.396. The number of piperazine rings is 1. The number of benzene rings is 1. The molecule has 0 radical (unpaired) electrons. The summed E-state index contributed by atoms with van der Waals surface area (Å²) in [6, 6.07) is 8.47. The van der Waals surface area contributed by atoms with Crippen LogP contribution >= 0.6 is 27.9 Å². The monoisotopic (exact) mass is 272 g/mol. The van der Waals surface area contributed by atoms with Crippen LogP contribution in [0, 0.1) is 0 Å². The molecule has 76 valence electrons. The molecule has 1 N–H and O–H groups in total. The molecule has 1 aromatic carbocycles. The third-order valence-corrected chi connectivity index (χ3v) is 3.76. The van der Waals surface area contributed by atoms with Gasteiger partial charge in [-0.2, -0.15) is 0 Å². The Kier molecular flexibility index (Phi) is 3.87. The first-order chi connectivity index (χ1) is 6.84. The molecule has 0 unspecified atom stereocenters. The Morgan fingerprint density at radius 1 is 1.14 bits per heavy atom. The number of nitrogens with zero attached hydrogens (tertiary/aromatic N) is 1. The summed E-state index contributed by atoms with van der Waals surface area (Å²) in [7, 11) is 0. The van der Waals surface area contributed by atoms with E-state index in [0.717, 1.165) is 30.7 Å². The Morgan fingerprint density at radius 2 is 1.79 bits per heavy atom. The van der Waals surface area contributed by atoms with E-state index < -0.39 is 0 Å². The van der Waals surface area contributed by atoms with E-state index in [1.54, 1.807) is 0 Å². The fourth-order valence-electron chi connectivity index (χ4n) is 1.38. The Bertz CT molecular complexity index is 283. The zero-order valence-corrected chi connectivity index (χ0v) is 10.3. The van der Waals surface area contributed by atoms with Crippen LogP contribution in [0.1, 0.15) is 0 Å². The van der Waals surface area contributed by atoms with Crippen molar-refractivity contribution in [3.05, 3.63) is 28.7 Å². The molecule has 0 amide bonds. The summed E-state index contributed by atoms with van der Waals surface area (Å²) >= 11 is 5.28. The standard InChI is InChI=1S/C10H13BrN2S/c11-9-1-3-10(4-2-9)14-13-7-5-12-6-8-13/h1-4,12H,5-8H2. The van der Waals surface area contributed by atoms with Crippen LogP contribution < -0.4 is 5.32 Å². The van der Waals surface area contributed by atoms with Gasteiger partial charge in [0, 0.05) is 35.5 Å². The summed E-state index contributed by atoms with van der Waals surface area (Å²) < 4.78 is 3.54. The van der Waals surface area contributed by atoms with E-state index in [4.69, 9.17) is 0 Å². The van der Waals surface area contributed by atoms with Gasteiger partial charge in [-0.1, -0.05) is 15.9 Å². The minimum absolute atomic E-state index is 1.10. The fraction of sp³-hybridized carbons (Fsp3) is 0.400. The van der Waals surface area contributed by atoms with Crippen molar-refractivity contribution in [2.24, 2.45) is 0 Å². The summed E-state index contributed by atoms with van der Waals surface area (Å²) in [6.45, 7) is 4.45. The topological polar surface area (TPSA) is 15.3 Å². The van der Waals surface area contributed by atoms with Gasteiger partial charge in [0.15, 0.2) is 0 Å². The SMILES string of the molecule is Brc1ccc(SN2CCNCC2)cc1. The van der Waals surface area contributed by atoms with Crippen molar-refractivity contribution in [1.29, 1.82) is 0 Å². The third kappa shape index (κ3) is 2.98. The molecule has 0 bridgehead atoms. The molecule has 0 spiro atoms. The highest BCUT2D eigenvalue weighted by molar-refractivity contribution is 9.10. The highest BCUT2D eigenvalue weighted by Gasteiger charge is 2.10. The largest absolute Gasteiger partial charge is 0.314 e. The number of hydrogen-bond donors (Lipinski definition) is 1. The van der Waals surface area contributed by atoms with Crippen LogP contribution in [0.4, 0.5) is 0 Å². The summed E-state index contributed by atoms with van der Waals surface area (Å²) in [5, 5.41) is 3.35. The molecule has 1 aliphatic rings. The summed E-state index contributed by atoms with van der Waals surface area (Å²) in [4.78, 5) is 1.31. The van der Waals surface area contributed by atoms with E-state index in [2.05, 4.69) is 49.8 Å². The zero-order chi connectivity index (χ0) is 9.80. The Balaban J connectivity index is 1.92. The molecule has 14 heavy (non-hydrogen) atoms. The molecule has 1 saturated heterocycles. The summed E-state index contributed by atoms with van der Waals surface area (Å²) in [6.07, 6.45) is 0. The maximum atomic E-state index is 3.44. The van der Waals surface area contributed by atoms with Crippen molar-refractivity contribution in [1.82, 2.24) is 9.62 Å². The third-order valence-electron chi connectivity index (χ3n) is 2.12. The molecular weight excluding hydrogens is 260 g/mol. The van der Waals surface area contributed by atoms with Gasteiger partial charge in [0.25, 0.3) is 0 Å². The van der Waals surface area contributed by atoms with Crippen LogP contribution in [0.5, 0.6) is 0 Å². The Hall–Kier alpha value is -0.0300. The van der Waals surface area contributed by atoms with Gasteiger partial charge in [-0.3, -0.25) is 0 Å². The normalized spacial score (nSPS) is 18.4. The predicted molar refractivity (Wildman–Crippen MR) is 64.4 cm³/mol. The van der Waals surface area contributed by atoms with Crippen molar-refractivity contribution in [3.63, 3.8) is 0 Å². The van der Waals surface area contributed by atoms with E-state index in [1.165, 1.54) is 4.90 Å². The van der Waals surface area contributed by atoms with Crippen molar-refractivity contribution in [2.45, 2.75) is 4.90 Å². The van der Waals surface area contributed by atoms with E-state index in [1.807, 2.05) is 11.9 Å². The van der Waals surface area contributed by atoms with Gasteiger partial charge in [-0.05, 0) is 36.2 Å². The number of nitrogens with one attached hydrogen (secondary N) is 1. The molecule has 4 heteroatoms.